The monoisotopic (exact) mass is 246 g/mol. The molecule has 18 heavy (non-hydrogen) atoms. The van der Waals surface area contributed by atoms with Crippen LogP contribution in [0.25, 0.3) is 0 Å². The molecule has 1 heterocycles. The van der Waals surface area contributed by atoms with Gasteiger partial charge in [0.1, 0.15) is 6.29 Å². The first-order valence-corrected chi connectivity index (χ1v) is 6.59. The highest BCUT2D eigenvalue weighted by atomic mass is 16.1. The van der Waals surface area contributed by atoms with Crippen molar-refractivity contribution in [1.82, 2.24) is 4.90 Å². The number of aldehydes is 1. The van der Waals surface area contributed by atoms with E-state index < -0.39 is 0 Å². The summed E-state index contributed by atoms with van der Waals surface area (Å²) in [5.74, 6) is 0. The first-order valence-electron chi connectivity index (χ1n) is 6.59. The van der Waals surface area contributed by atoms with Gasteiger partial charge in [0.25, 0.3) is 0 Å². The highest BCUT2D eigenvalue weighted by molar-refractivity contribution is 5.58. The van der Waals surface area contributed by atoms with Gasteiger partial charge in [-0.05, 0) is 12.1 Å². The number of anilines is 1. The first-order chi connectivity index (χ1) is 8.61. The molecule has 0 aliphatic carbocycles. The molecule has 0 saturated carbocycles. The number of hydrogen-bond acceptors (Lipinski definition) is 3. The van der Waals surface area contributed by atoms with Gasteiger partial charge in [0.15, 0.2) is 0 Å². The molecule has 1 aliphatic heterocycles. The van der Waals surface area contributed by atoms with Gasteiger partial charge in [-0.1, -0.05) is 32.0 Å². The van der Waals surface area contributed by atoms with Gasteiger partial charge in [0, 0.05) is 43.8 Å². The van der Waals surface area contributed by atoms with Gasteiger partial charge >= 0.3 is 0 Å². The molecule has 0 aromatic heterocycles. The lowest BCUT2D eigenvalue weighted by molar-refractivity contribution is -0.115. The highest BCUT2D eigenvalue weighted by Gasteiger charge is 2.24. The van der Waals surface area contributed by atoms with Gasteiger partial charge in [0.05, 0.1) is 0 Å². The van der Waals surface area contributed by atoms with Gasteiger partial charge in [-0.15, -0.1) is 0 Å². The van der Waals surface area contributed by atoms with Gasteiger partial charge in [0.2, 0.25) is 0 Å². The molecule has 3 nitrogen and oxygen atoms in total. The molecule has 0 spiro atoms. The number of carbonyl (C=O) groups excluding carboxylic acids is 1. The van der Waals surface area contributed by atoms with Crippen molar-refractivity contribution < 1.29 is 4.79 Å². The Bertz CT molecular complexity index is 381. The van der Waals surface area contributed by atoms with Crippen LogP contribution in [0.3, 0.4) is 0 Å². The topological polar surface area (TPSA) is 23.6 Å². The van der Waals surface area contributed by atoms with Crippen molar-refractivity contribution in [1.29, 1.82) is 0 Å². The number of hydrogen-bond donors (Lipinski definition) is 0. The fourth-order valence-electron chi connectivity index (χ4n) is 2.42. The quantitative estimate of drug-likeness (QED) is 0.760. The van der Waals surface area contributed by atoms with Crippen molar-refractivity contribution in [3.05, 3.63) is 30.3 Å². The maximum Gasteiger partial charge on any atom is 0.126 e. The fraction of sp³-hybridized carbons (Fsp3) is 0.533. The van der Waals surface area contributed by atoms with E-state index in [-0.39, 0.29) is 5.41 Å². The summed E-state index contributed by atoms with van der Waals surface area (Å²) in [6.07, 6.45) is 1.07. The average Bonchev–Trinajstić information content (AvgIpc) is 2.40. The zero-order chi connectivity index (χ0) is 13.0. The molecule has 98 valence electrons. The standard InChI is InChI=1S/C15H22N2O/c1-15(2,13-18)12-16-8-10-17(11-9-16)14-6-4-3-5-7-14/h3-7,13H,8-12H2,1-2H3. The summed E-state index contributed by atoms with van der Waals surface area (Å²) >= 11 is 0. The summed E-state index contributed by atoms with van der Waals surface area (Å²) in [7, 11) is 0. The van der Waals surface area contributed by atoms with Gasteiger partial charge < -0.3 is 9.69 Å². The lowest BCUT2D eigenvalue weighted by Crippen LogP contribution is -2.49. The number of para-hydroxylation sites is 1. The summed E-state index contributed by atoms with van der Waals surface area (Å²) in [5, 5.41) is 0. The Morgan fingerprint density at radius 1 is 1.11 bits per heavy atom. The Hall–Kier alpha value is -1.35. The Kier molecular flexibility index (Phi) is 4.02. The second-order valence-electron chi connectivity index (χ2n) is 5.71. The zero-order valence-electron chi connectivity index (χ0n) is 11.3. The van der Waals surface area contributed by atoms with E-state index in [2.05, 4.69) is 34.1 Å². The molecule has 1 aromatic rings. The van der Waals surface area contributed by atoms with E-state index in [9.17, 15) is 4.79 Å². The predicted molar refractivity (Wildman–Crippen MR) is 74.9 cm³/mol. The largest absolute Gasteiger partial charge is 0.369 e. The van der Waals surface area contributed by atoms with Crippen LogP contribution in [0, 0.1) is 5.41 Å². The second kappa shape index (κ2) is 5.53. The van der Waals surface area contributed by atoms with Gasteiger partial charge in [-0.3, -0.25) is 4.90 Å². The van der Waals surface area contributed by atoms with Crippen molar-refractivity contribution in [2.75, 3.05) is 37.6 Å². The van der Waals surface area contributed by atoms with E-state index in [1.165, 1.54) is 5.69 Å². The first kappa shape index (κ1) is 13.1. The van der Waals surface area contributed by atoms with E-state index >= 15 is 0 Å². The molecule has 0 amide bonds. The van der Waals surface area contributed by atoms with Crippen LogP contribution in [0.2, 0.25) is 0 Å². The SMILES string of the molecule is CC(C)(C=O)CN1CCN(c2ccccc2)CC1. The van der Waals surface area contributed by atoms with E-state index in [0.29, 0.717) is 0 Å². The van der Waals surface area contributed by atoms with Crippen LogP contribution in [0.5, 0.6) is 0 Å². The van der Waals surface area contributed by atoms with E-state index in [4.69, 9.17) is 0 Å². The predicted octanol–water partition coefficient (Wildman–Crippen LogP) is 2.03. The number of nitrogens with zero attached hydrogens (tertiary/aromatic N) is 2. The number of benzene rings is 1. The van der Waals surface area contributed by atoms with Gasteiger partial charge in [-0.2, -0.15) is 0 Å². The fourth-order valence-corrected chi connectivity index (χ4v) is 2.42. The van der Waals surface area contributed by atoms with Crippen LogP contribution in [0.1, 0.15) is 13.8 Å². The van der Waals surface area contributed by atoms with Crippen molar-refractivity contribution in [3.63, 3.8) is 0 Å². The zero-order valence-corrected chi connectivity index (χ0v) is 11.3. The third kappa shape index (κ3) is 3.33. The molecule has 0 bridgehead atoms. The minimum absolute atomic E-state index is 0.227. The second-order valence-corrected chi connectivity index (χ2v) is 5.71. The molecule has 0 atom stereocenters. The minimum atomic E-state index is -0.227. The summed E-state index contributed by atoms with van der Waals surface area (Å²) in [4.78, 5) is 15.7. The molecule has 0 unspecified atom stereocenters. The Balaban J connectivity index is 1.87. The average molecular weight is 246 g/mol. The lowest BCUT2D eigenvalue weighted by atomic mass is 9.95. The lowest BCUT2D eigenvalue weighted by Gasteiger charge is -2.38. The molecule has 3 heteroatoms. The van der Waals surface area contributed by atoms with Gasteiger partial charge in [-0.25, -0.2) is 0 Å². The number of carbonyl (C=O) groups is 1. The smallest absolute Gasteiger partial charge is 0.126 e. The summed E-state index contributed by atoms with van der Waals surface area (Å²) in [6.45, 7) is 9.02. The molecule has 1 saturated heterocycles. The minimum Gasteiger partial charge on any atom is -0.369 e. The molecule has 1 fully saturated rings. The molecule has 0 N–H and O–H groups in total. The van der Waals surface area contributed by atoms with Crippen LogP contribution in [0.4, 0.5) is 5.69 Å². The number of piperazine rings is 1. The summed E-state index contributed by atoms with van der Waals surface area (Å²) in [5.41, 5.74) is 1.07. The van der Waals surface area contributed by atoms with E-state index in [1.807, 2.05) is 19.9 Å². The third-order valence-corrected chi connectivity index (χ3v) is 3.44. The maximum absolute atomic E-state index is 10.9. The van der Waals surface area contributed by atoms with E-state index in [1.54, 1.807) is 0 Å². The van der Waals surface area contributed by atoms with Crippen LogP contribution in [-0.2, 0) is 4.79 Å². The maximum atomic E-state index is 10.9. The molecule has 0 radical (unpaired) electrons. The highest BCUT2D eigenvalue weighted by Crippen LogP contribution is 2.18. The molecule has 2 rings (SSSR count). The number of rotatable bonds is 4. The van der Waals surface area contributed by atoms with E-state index in [0.717, 1.165) is 39.0 Å². The normalized spacial score (nSPS) is 17.8. The Morgan fingerprint density at radius 2 is 1.72 bits per heavy atom. The molecular formula is C15H22N2O. The van der Waals surface area contributed by atoms with Crippen LogP contribution >= 0.6 is 0 Å². The Morgan fingerprint density at radius 3 is 2.28 bits per heavy atom. The van der Waals surface area contributed by atoms with Crippen molar-refractivity contribution in [3.8, 4) is 0 Å². The van der Waals surface area contributed by atoms with Crippen LogP contribution in [-0.4, -0.2) is 43.9 Å². The van der Waals surface area contributed by atoms with Crippen LogP contribution in [0.15, 0.2) is 30.3 Å². The van der Waals surface area contributed by atoms with Crippen molar-refractivity contribution in [2.24, 2.45) is 5.41 Å². The Labute approximate surface area is 109 Å². The molecular weight excluding hydrogens is 224 g/mol. The van der Waals surface area contributed by atoms with Crippen molar-refractivity contribution in [2.45, 2.75) is 13.8 Å². The molecule has 1 aromatic carbocycles. The summed E-state index contributed by atoms with van der Waals surface area (Å²) in [6, 6.07) is 10.5. The molecule has 1 aliphatic rings. The van der Waals surface area contributed by atoms with Crippen molar-refractivity contribution >= 4 is 12.0 Å². The van der Waals surface area contributed by atoms with Crippen LogP contribution < -0.4 is 4.90 Å². The summed E-state index contributed by atoms with van der Waals surface area (Å²) < 4.78 is 0. The third-order valence-electron chi connectivity index (χ3n) is 3.44.